The van der Waals surface area contributed by atoms with Crippen molar-refractivity contribution < 1.29 is 19.1 Å². The summed E-state index contributed by atoms with van der Waals surface area (Å²) in [7, 11) is 0. The molecule has 0 fully saturated rings. The molecular weight excluding hydrogens is 326 g/mol. The summed E-state index contributed by atoms with van der Waals surface area (Å²) in [6, 6.07) is 5.01. The molecule has 0 aliphatic heterocycles. The first-order valence-electron chi connectivity index (χ1n) is 5.78. The van der Waals surface area contributed by atoms with Gasteiger partial charge in [-0.25, -0.2) is 4.79 Å². The molecule has 2 N–H and O–H groups in total. The SMILES string of the molecule is Cc1cc(C)c(NC(=O)c2cc(C(=O)O)co2)c(Br)c1. The van der Waals surface area contributed by atoms with Gasteiger partial charge in [-0.15, -0.1) is 0 Å². The number of rotatable bonds is 3. The molecule has 0 unspecified atom stereocenters. The standard InChI is InChI=1S/C14H12BrNO4/c1-7-3-8(2)12(10(15)4-7)16-13(17)11-5-9(6-20-11)14(18)19/h3-6H,1-2H3,(H,16,17)(H,18,19). The molecule has 0 atom stereocenters. The Labute approximate surface area is 123 Å². The van der Waals surface area contributed by atoms with Gasteiger partial charge >= 0.3 is 5.97 Å². The van der Waals surface area contributed by atoms with E-state index in [1.165, 1.54) is 6.07 Å². The monoisotopic (exact) mass is 337 g/mol. The summed E-state index contributed by atoms with van der Waals surface area (Å²) in [5, 5.41) is 11.5. The van der Waals surface area contributed by atoms with Crippen LogP contribution in [0.2, 0.25) is 0 Å². The molecule has 0 saturated heterocycles. The van der Waals surface area contributed by atoms with Gasteiger partial charge in [0, 0.05) is 10.5 Å². The molecule has 1 heterocycles. The van der Waals surface area contributed by atoms with Crippen molar-refractivity contribution in [3.05, 3.63) is 51.4 Å². The van der Waals surface area contributed by atoms with Crippen LogP contribution in [0.4, 0.5) is 5.69 Å². The van der Waals surface area contributed by atoms with Crippen molar-refractivity contribution in [3.8, 4) is 0 Å². The average molecular weight is 338 g/mol. The van der Waals surface area contributed by atoms with Gasteiger partial charge in [0.1, 0.15) is 6.26 Å². The predicted molar refractivity (Wildman–Crippen MR) is 77.2 cm³/mol. The Hall–Kier alpha value is -2.08. The topological polar surface area (TPSA) is 79.5 Å². The van der Waals surface area contributed by atoms with E-state index in [1.807, 2.05) is 26.0 Å². The van der Waals surface area contributed by atoms with E-state index in [4.69, 9.17) is 9.52 Å². The van der Waals surface area contributed by atoms with Crippen LogP contribution in [0.1, 0.15) is 32.0 Å². The minimum atomic E-state index is -1.14. The number of hydrogen-bond acceptors (Lipinski definition) is 3. The van der Waals surface area contributed by atoms with Crippen molar-refractivity contribution in [3.63, 3.8) is 0 Å². The fraction of sp³-hybridized carbons (Fsp3) is 0.143. The Bertz CT molecular complexity index is 667. The second kappa shape index (κ2) is 5.50. The molecule has 0 radical (unpaired) electrons. The quantitative estimate of drug-likeness (QED) is 0.896. The molecule has 0 aliphatic rings. The van der Waals surface area contributed by atoms with E-state index in [1.54, 1.807) is 0 Å². The number of halogens is 1. The Morgan fingerprint density at radius 3 is 2.50 bits per heavy atom. The van der Waals surface area contributed by atoms with Gasteiger partial charge in [0.15, 0.2) is 5.76 Å². The van der Waals surface area contributed by atoms with Crippen LogP contribution in [-0.2, 0) is 0 Å². The normalized spacial score (nSPS) is 10.3. The van der Waals surface area contributed by atoms with Crippen LogP contribution in [0.5, 0.6) is 0 Å². The van der Waals surface area contributed by atoms with E-state index in [0.717, 1.165) is 21.9 Å². The number of carbonyl (C=O) groups is 2. The first-order chi connectivity index (χ1) is 9.38. The van der Waals surface area contributed by atoms with E-state index >= 15 is 0 Å². The summed E-state index contributed by atoms with van der Waals surface area (Å²) in [5.74, 6) is -1.68. The lowest BCUT2D eigenvalue weighted by Gasteiger charge is -2.10. The maximum Gasteiger partial charge on any atom is 0.338 e. The van der Waals surface area contributed by atoms with Gasteiger partial charge in [0.25, 0.3) is 5.91 Å². The summed E-state index contributed by atoms with van der Waals surface area (Å²) < 4.78 is 5.71. The minimum Gasteiger partial charge on any atom is -0.478 e. The van der Waals surface area contributed by atoms with Crippen molar-refractivity contribution in [1.82, 2.24) is 0 Å². The molecule has 2 aromatic rings. The third-order valence-electron chi connectivity index (χ3n) is 2.74. The van der Waals surface area contributed by atoms with Crippen LogP contribution in [0, 0.1) is 13.8 Å². The number of carboxylic acids is 1. The number of aryl methyl sites for hydroxylation is 2. The molecule has 104 valence electrons. The molecule has 2 rings (SSSR count). The summed E-state index contributed by atoms with van der Waals surface area (Å²) in [6.45, 7) is 3.83. The molecule has 0 bridgehead atoms. The fourth-order valence-corrected chi connectivity index (χ4v) is 2.59. The zero-order valence-electron chi connectivity index (χ0n) is 10.9. The molecule has 20 heavy (non-hydrogen) atoms. The highest BCUT2D eigenvalue weighted by Crippen LogP contribution is 2.28. The van der Waals surface area contributed by atoms with Crippen LogP contribution in [0.25, 0.3) is 0 Å². The number of aromatic carboxylic acids is 1. The molecule has 1 amide bonds. The highest BCUT2D eigenvalue weighted by Gasteiger charge is 2.16. The Morgan fingerprint density at radius 2 is 1.95 bits per heavy atom. The first kappa shape index (κ1) is 14.3. The highest BCUT2D eigenvalue weighted by molar-refractivity contribution is 9.10. The first-order valence-corrected chi connectivity index (χ1v) is 6.57. The number of furan rings is 1. The van der Waals surface area contributed by atoms with Crippen LogP contribution in [0.3, 0.4) is 0 Å². The maximum absolute atomic E-state index is 12.0. The molecule has 0 saturated carbocycles. The lowest BCUT2D eigenvalue weighted by Crippen LogP contribution is -2.12. The Morgan fingerprint density at radius 1 is 1.25 bits per heavy atom. The van der Waals surface area contributed by atoms with Gasteiger partial charge in [-0.1, -0.05) is 6.07 Å². The van der Waals surface area contributed by atoms with Crippen LogP contribution in [0.15, 0.2) is 33.4 Å². The molecule has 6 heteroatoms. The number of benzene rings is 1. The van der Waals surface area contributed by atoms with E-state index in [2.05, 4.69) is 21.2 Å². The summed E-state index contributed by atoms with van der Waals surface area (Å²) in [4.78, 5) is 22.8. The number of carbonyl (C=O) groups excluding carboxylic acids is 1. The lowest BCUT2D eigenvalue weighted by atomic mass is 10.1. The zero-order chi connectivity index (χ0) is 14.9. The van der Waals surface area contributed by atoms with E-state index in [9.17, 15) is 9.59 Å². The average Bonchev–Trinajstić information content (AvgIpc) is 2.83. The number of carboxylic acid groups (broad SMARTS) is 1. The van der Waals surface area contributed by atoms with Crippen molar-refractivity contribution >= 4 is 33.5 Å². The van der Waals surface area contributed by atoms with Crippen molar-refractivity contribution in [2.45, 2.75) is 13.8 Å². The smallest absolute Gasteiger partial charge is 0.338 e. The molecule has 0 aliphatic carbocycles. The van der Waals surface area contributed by atoms with E-state index in [0.29, 0.717) is 5.69 Å². The van der Waals surface area contributed by atoms with Crippen molar-refractivity contribution in [2.75, 3.05) is 5.32 Å². The number of hydrogen-bond donors (Lipinski definition) is 2. The van der Waals surface area contributed by atoms with Crippen molar-refractivity contribution in [1.29, 1.82) is 0 Å². The summed E-state index contributed by atoms with van der Waals surface area (Å²) >= 11 is 3.39. The van der Waals surface area contributed by atoms with Gasteiger partial charge in [0.2, 0.25) is 0 Å². The number of amides is 1. The molecule has 0 spiro atoms. The van der Waals surface area contributed by atoms with Gasteiger partial charge in [0.05, 0.1) is 11.3 Å². The summed E-state index contributed by atoms with van der Waals surface area (Å²) in [6.07, 6.45) is 1.04. The van der Waals surface area contributed by atoms with Crippen LogP contribution >= 0.6 is 15.9 Å². The largest absolute Gasteiger partial charge is 0.478 e. The second-order valence-electron chi connectivity index (χ2n) is 4.40. The fourth-order valence-electron chi connectivity index (χ4n) is 1.82. The molecular formula is C14H12BrNO4. The highest BCUT2D eigenvalue weighted by atomic mass is 79.9. The zero-order valence-corrected chi connectivity index (χ0v) is 12.4. The van der Waals surface area contributed by atoms with Gasteiger partial charge in [-0.2, -0.15) is 0 Å². The van der Waals surface area contributed by atoms with Gasteiger partial charge in [-0.3, -0.25) is 4.79 Å². The van der Waals surface area contributed by atoms with E-state index in [-0.39, 0.29) is 11.3 Å². The maximum atomic E-state index is 12.0. The van der Waals surface area contributed by atoms with E-state index < -0.39 is 11.9 Å². The van der Waals surface area contributed by atoms with Crippen LogP contribution < -0.4 is 5.32 Å². The molecule has 1 aromatic heterocycles. The minimum absolute atomic E-state index is 0.0470. The number of nitrogens with one attached hydrogen (secondary N) is 1. The lowest BCUT2D eigenvalue weighted by molar-refractivity contribution is 0.0696. The Balaban J connectivity index is 2.25. The Kier molecular flexibility index (Phi) is 3.94. The van der Waals surface area contributed by atoms with Crippen molar-refractivity contribution in [2.24, 2.45) is 0 Å². The molecule has 5 nitrogen and oxygen atoms in total. The third-order valence-corrected chi connectivity index (χ3v) is 3.37. The van der Waals surface area contributed by atoms with Gasteiger partial charge in [-0.05, 0) is 47.0 Å². The third kappa shape index (κ3) is 2.91. The molecule has 1 aromatic carbocycles. The van der Waals surface area contributed by atoms with Crippen LogP contribution in [-0.4, -0.2) is 17.0 Å². The summed E-state index contributed by atoms with van der Waals surface area (Å²) in [5.41, 5.74) is 2.54. The number of anilines is 1. The second-order valence-corrected chi connectivity index (χ2v) is 5.25. The van der Waals surface area contributed by atoms with Gasteiger partial charge < -0.3 is 14.8 Å². The predicted octanol–water partition coefficient (Wildman–Crippen LogP) is 3.61.